The number of hydrogen-bond donors (Lipinski definition) is 1. The zero-order chi connectivity index (χ0) is 14.3. The van der Waals surface area contributed by atoms with Gasteiger partial charge in [-0.1, -0.05) is 19.9 Å². The predicted molar refractivity (Wildman–Crippen MR) is 72.7 cm³/mol. The molecule has 0 aliphatic rings. The number of nitrogens with zero attached hydrogens (tertiary/aromatic N) is 3. The first kappa shape index (κ1) is 15.1. The molecule has 0 aliphatic heterocycles. The highest BCUT2D eigenvalue weighted by Crippen LogP contribution is 2.09. The van der Waals surface area contributed by atoms with Crippen molar-refractivity contribution in [1.29, 1.82) is 5.26 Å². The number of carbonyl (C=O) groups is 1. The third-order valence-electron chi connectivity index (χ3n) is 2.90. The number of carbonyl (C=O) groups excluding carboxylic acids is 1. The lowest BCUT2D eigenvalue weighted by Gasteiger charge is -2.26. The summed E-state index contributed by atoms with van der Waals surface area (Å²) in [4.78, 5) is 17.9. The van der Waals surface area contributed by atoms with E-state index in [1.165, 1.54) is 0 Å². The van der Waals surface area contributed by atoms with Crippen LogP contribution in [-0.4, -0.2) is 28.4 Å². The van der Waals surface area contributed by atoms with Crippen molar-refractivity contribution in [1.82, 2.24) is 9.88 Å². The number of amides is 1. The van der Waals surface area contributed by atoms with E-state index in [0.717, 1.165) is 5.56 Å². The zero-order valence-electron chi connectivity index (χ0n) is 11.4. The van der Waals surface area contributed by atoms with Crippen molar-refractivity contribution in [2.45, 2.75) is 32.9 Å². The second kappa shape index (κ2) is 7.49. The SMILES string of the molecule is CC(C)[C@@H](N)C(=O)N(CCC#N)Cc1cccnc1. The van der Waals surface area contributed by atoms with Crippen LogP contribution in [0.3, 0.4) is 0 Å². The molecule has 1 rings (SSSR count). The Bertz CT molecular complexity index is 439. The molecule has 5 heteroatoms. The molecule has 2 N–H and O–H groups in total. The first-order chi connectivity index (χ1) is 9.06. The van der Waals surface area contributed by atoms with Gasteiger partial charge in [-0.2, -0.15) is 5.26 Å². The van der Waals surface area contributed by atoms with Crippen LogP contribution in [0, 0.1) is 17.2 Å². The van der Waals surface area contributed by atoms with E-state index in [1.807, 2.05) is 26.0 Å². The molecule has 0 bridgehead atoms. The maximum atomic E-state index is 12.3. The van der Waals surface area contributed by atoms with Gasteiger partial charge in [0.05, 0.1) is 18.5 Å². The van der Waals surface area contributed by atoms with Gasteiger partial charge in [-0.3, -0.25) is 9.78 Å². The molecule has 5 nitrogen and oxygen atoms in total. The Balaban J connectivity index is 2.77. The number of aromatic nitrogens is 1. The summed E-state index contributed by atoms with van der Waals surface area (Å²) in [6, 6.07) is 5.25. The standard InChI is InChI=1S/C14H20N4O/c1-11(2)13(16)14(19)18(8-4-6-15)10-12-5-3-7-17-9-12/h3,5,7,9,11,13H,4,8,10,16H2,1-2H3/t13-/m1/s1. The van der Waals surface area contributed by atoms with Gasteiger partial charge in [0, 0.05) is 25.5 Å². The molecule has 102 valence electrons. The average Bonchev–Trinajstić information content (AvgIpc) is 2.42. The highest BCUT2D eigenvalue weighted by Gasteiger charge is 2.23. The van der Waals surface area contributed by atoms with Gasteiger partial charge < -0.3 is 10.6 Å². The van der Waals surface area contributed by atoms with E-state index in [2.05, 4.69) is 11.1 Å². The third-order valence-corrected chi connectivity index (χ3v) is 2.90. The first-order valence-corrected chi connectivity index (χ1v) is 6.36. The summed E-state index contributed by atoms with van der Waals surface area (Å²) in [5, 5.41) is 8.68. The van der Waals surface area contributed by atoms with Crippen molar-refractivity contribution >= 4 is 5.91 Å². The minimum absolute atomic E-state index is 0.0750. The first-order valence-electron chi connectivity index (χ1n) is 6.36. The lowest BCUT2D eigenvalue weighted by Crippen LogP contribution is -2.46. The van der Waals surface area contributed by atoms with Crippen LogP contribution in [-0.2, 0) is 11.3 Å². The van der Waals surface area contributed by atoms with E-state index in [-0.39, 0.29) is 11.8 Å². The van der Waals surface area contributed by atoms with E-state index >= 15 is 0 Å². The summed E-state index contributed by atoms with van der Waals surface area (Å²) in [6.07, 6.45) is 3.70. The van der Waals surface area contributed by atoms with Crippen molar-refractivity contribution in [3.05, 3.63) is 30.1 Å². The van der Waals surface area contributed by atoms with Gasteiger partial charge >= 0.3 is 0 Å². The van der Waals surface area contributed by atoms with Crippen LogP contribution in [0.4, 0.5) is 0 Å². The molecule has 0 radical (unpaired) electrons. The van der Waals surface area contributed by atoms with Gasteiger partial charge in [0.25, 0.3) is 0 Å². The van der Waals surface area contributed by atoms with Crippen LogP contribution in [0.5, 0.6) is 0 Å². The number of hydrogen-bond acceptors (Lipinski definition) is 4. The zero-order valence-corrected chi connectivity index (χ0v) is 11.4. The fraction of sp³-hybridized carbons (Fsp3) is 0.500. The van der Waals surface area contributed by atoms with Gasteiger partial charge in [0.2, 0.25) is 5.91 Å². The Kier molecular flexibility index (Phi) is 5.97. The molecule has 0 saturated heterocycles. The smallest absolute Gasteiger partial charge is 0.240 e. The lowest BCUT2D eigenvalue weighted by atomic mass is 10.0. The summed E-state index contributed by atoms with van der Waals surface area (Å²) < 4.78 is 0. The summed E-state index contributed by atoms with van der Waals surface area (Å²) in [5.41, 5.74) is 6.83. The summed E-state index contributed by atoms with van der Waals surface area (Å²) in [7, 11) is 0. The summed E-state index contributed by atoms with van der Waals surface area (Å²) in [5.74, 6) is -0.0416. The van der Waals surface area contributed by atoms with E-state index < -0.39 is 6.04 Å². The van der Waals surface area contributed by atoms with Gasteiger partial charge in [-0.15, -0.1) is 0 Å². The van der Waals surface area contributed by atoms with Crippen molar-refractivity contribution < 1.29 is 4.79 Å². The Morgan fingerprint density at radius 2 is 2.32 bits per heavy atom. The molecule has 1 heterocycles. The maximum absolute atomic E-state index is 12.3. The average molecular weight is 260 g/mol. The van der Waals surface area contributed by atoms with E-state index in [4.69, 9.17) is 11.0 Å². The second-order valence-electron chi connectivity index (χ2n) is 4.80. The fourth-order valence-electron chi connectivity index (χ4n) is 1.66. The number of nitriles is 1. The van der Waals surface area contributed by atoms with E-state index in [9.17, 15) is 4.79 Å². The Morgan fingerprint density at radius 3 is 2.84 bits per heavy atom. The molecule has 0 unspecified atom stereocenters. The van der Waals surface area contributed by atoms with Crippen molar-refractivity contribution in [2.24, 2.45) is 11.7 Å². The van der Waals surface area contributed by atoms with Gasteiger partial charge in [0.1, 0.15) is 0 Å². The van der Waals surface area contributed by atoms with Crippen LogP contribution < -0.4 is 5.73 Å². The second-order valence-corrected chi connectivity index (χ2v) is 4.80. The number of nitrogens with two attached hydrogens (primary N) is 1. The number of pyridine rings is 1. The lowest BCUT2D eigenvalue weighted by molar-refractivity contribution is -0.134. The predicted octanol–water partition coefficient (Wildman–Crippen LogP) is 1.31. The highest BCUT2D eigenvalue weighted by molar-refractivity contribution is 5.81. The molecule has 1 atom stereocenters. The maximum Gasteiger partial charge on any atom is 0.240 e. The molecular formula is C14H20N4O. The van der Waals surface area contributed by atoms with E-state index in [1.54, 1.807) is 17.3 Å². The van der Waals surface area contributed by atoms with Crippen LogP contribution in [0.15, 0.2) is 24.5 Å². The third kappa shape index (κ3) is 4.68. The fourth-order valence-corrected chi connectivity index (χ4v) is 1.66. The normalized spacial score (nSPS) is 11.9. The largest absolute Gasteiger partial charge is 0.336 e. The Morgan fingerprint density at radius 1 is 1.58 bits per heavy atom. The Hall–Kier alpha value is -1.93. The van der Waals surface area contributed by atoms with Crippen LogP contribution in [0.1, 0.15) is 25.8 Å². The van der Waals surface area contributed by atoms with Gasteiger partial charge in [0.15, 0.2) is 0 Å². The van der Waals surface area contributed by atoms with Crippen molar-refractivity contribution in [2.75, 3.05) is 6.54 Å². The molecular weight excluding hydrogens is 240 g/mol. The summed E-state index contributed by atoms with van der Waals surface area (Å²) in [6.45, 7) is 4.66. The molecule has 1 aromatic heterocycles. The molecule has 0 aromatic carbocycles. The topological polar surface area (TPSA) is 83.0 Å². The van der Waals surface area contributed by atoms with Crippen LogP contribution in [0.25, 0.3) is 0 Å². The minimum Gasteiger partial charge on any atom is -0.336 e. The van der Waals surface area contributed by atoms with Crippen molar-refractivity contribution in [3.63, 3.8) is 0 Å². The molecule has 0 saturated carbocycles. The molecule has 0 aliphatic carbocycles. The molecule has 0 spiro atoms. The molecule has 1 amide bonds. The molecule has 19 heavy (non-hydrogen) atoms. The quantitative estimate of drug-likeness (QED) is 0.835. The molecule has 1 aromatic rings. The highest BCUT2D eigenvalue weighted by atomic mass is 16.2. The van der Waals surface area contributed by atoms with Gasteiger partial charge in [-0.05, 0) is 17.5 Å². The minimum atomic E-state index is -0.532. The van der Waals surface area contributed by atoms with Crippen molar-refractivity contribution in [3.8, 4) is 6.07 Å². The summed E-state index contributed by atoms with van der Waals surface area (Å²) >= 11 is 0. The van der Waals surface area contributed by atoms with Gasteiger partial charge in [-0.25, -0.2) is 0 Å². The Labute approximate surface area is 114 Å². The monoisotopic (exact) mass is 260 g/mol. The van der Waals surface area contributed by atoms with Crippen LogP contribution in [0.2, 0.25) is 0 Å². The van der Waals surface area contributed by atoms with Crippen LogP contribution >= 0.6 is 0 Å². The van der Waals surface area contributed by atoms with E-state index in [0.29, 0.717) is 19.5 Å². The molecule has 0 fully saturated rings. The number of rotatable bonds is 6.